The molecule has 0 saturated carbocycles. The molecule has 23 heavy (non-hydrogen) atoms. The van der Waals surface area contributed by atoms with E-state index >= 15 is 0 Å². The third-order valence-electron chi connectivity index (χ3n) is 4.39. The maximum atomic E-state index is 12.3. The lowest BCUT2D eigenvalue weighted by atomic mass is 9.82. The fraction of sp³-hybridized carbons (Fsp3) is 0.353. The number of aromatic nitrogens is 1. The number of aliphatic carboxylic acids is 1. The molecular formula is C17H20N2O4. The fourth-order valence-electron chi connectivity index (χ4n) is 2.54. The number of carboxylic acids is 1. The zero-order chi connectivity index (χ0) is 17.0. The predicted octanol–water partition coefficient (Wildman–Crippen LogP) is 2.15. The van der Waals surface area contributed by atoms with Gasteiger partial charge in [0, 0.05) is 12.1 Å². The Kier molecular flexibility index (Phi) is 4.83. The Morgan fingerprint density at radius 3 is 2.48 bits per heavy atom. The van der Waals surface area contributed by atoms with Gasteiger partial charge in [-0.3, -0.25) is 14.4 Å². The summed E-state index contributed by atoms with van der Waals surface area (Å²) in [5.74, 6) is -1.51. The van der Waals surface area contributed by atoms with Crippen molar-refractivity contribution in [3.8, 4) is 0 Å². The van der Waals surface area contributed by atoms with E-state index in [0.717, 1.165) is 5.39 Å². The van der Waals surface area contributed by atoms with E-state index in [4.69, 9.17) is 0 Å². The van der Waals surface area contributed by atoms with Gasteiger partial charge in [0.05, 0.1) is 5.41 Å². The minimum atomic E-state index is -1.01. The van der Waals surface area contributed by atoms with Gasteiger partial charge in [-0.25, -0.2) is 0 Å². The van der Waals surface area contributed by atoms with Crippen LogP contribution >= 0.6 is 0 Å². The van der Waals surface area contributed by atoms with E-state index in [1.54, 1.807) is 32.0 Å². The second-order valence-corrected chi connectivity index (χ2v) is 5.57. The average Bonchev–Trinajstić information content (AvgIpc) is 2.55. The summed E-state index contributed by atoms with van der Waals surface area (Å²) in [6.45, 7) is 3.53. The Labute approximate surface area is 133 Å². The van der Waals surface area contributed by atoms with E-state index in [0.29, 0.717) is 18.4 Å². The van der Waals surface area contributed by atoms with E-state index in [1.807, 2.05) is 6.07 Å². The second-order valence-electron chi connectivity index (χ2n) is 5.57. The number of rotatable bonds is 6. The highest BCUT2D eigenvalue weighted by Crippen LogP contribution is 2.25. The van der Waals surface area contributed by atoms with Gasteiger partial charge < -0.3 is 15.4 Å². The number of fused-ring (bicyclic) bond motifs is 1. The lowest BCUT2D eigenvalue weighted by molar-refractivity contribution is -0.149. The molecule has 0 fully saturated rings. The number of hydrogen-bond acceptors (Lipinski definition) is 3. The number of aromatic amines is 1. The summed E-state index contributed by atoms with van der Waals surface area (Å²) in [5.41, 5.74) is -0.874. The molecule has 0 radical (unpaired) electrons. The van der Waals surface area contributed by atoms with Crippen LogP contribution in [0.2, 0.25) is 0 Å². The molecule has 3 N–H and O–H groups in total. The Morgan fingerprint density at radius 1 is 1.22 bits per heavy atom. The summed E-state index contributed by atoms with van der Waals surface area (Å²) in [5, 5.41) is 12.7. The number of carbonyl (C=O) groups excluding carboxylic acids is 1. The average molecular weight is 316 g/mol. The number of hydrogen-bond donors (Lipinski definition) is 3. The van der Waals surface area contributed by atoms with Crippen molar-refractivity contribution in [1.82, 2.24) is 10.3 Å². The van der Waals surface area contributed by atoms with Gasteiger partial charge in [0.25, 0.3) is 11.5 Å². The molecule has 0 aliphatic rings. The van der Waals surface area contributed by atoms with E-state index in [2.05, 4.69) is 10.3 Å². The van der Waals surface area contributed by atoms with Crippen molar-refractivity contribution < 1.29 is 14.7 Å². The quantitative estimate of drug-likeness (QED) is 0.760. The molecular weight excluding hydrogens is 296 g/mol. The standard InChI is InChI=1S/C17H20N2O4/c1-3-17(4-2,16(22)23)10-18-14(20)12-9-11-7-5-6-8-13(11)19-15(12)21/h5-9H,3-4,10H2,1-2H3,(H,18,20)(H,19,21)(H,22,23). The van der Waals surface area contributed by atoms with E-state index < -0.39 is 22.9 Å². The number of nitrogens with one attached hydrogen (secondary N) is 2. The third-order valence-corrected chi connectivity index (χ3v) is 4.39. The summed E-state index contributed by atoms with van der Waals surface area (Å²) in [6, 6.07) is 8.67. The van der Waals surface area contributed by atoms with Crippen molar-refractivity contribution >= 4 is 22.8 Å². The molecule has 2 rings (SSSR count). The largest absolute Gasteiger partial charge is 0.481 e. The van der Waals surface area contributed by atoms with Crippen LogP contribution in [0, 0.1) is 5.41 Å². The van der Waals surface area contributed by atoms with Gasteiger partial charge in [0.1, 0.15) is 5.56 Å². The Morgan fingerprint density at radius 2 is 1.87 bits per heavy atom. The Hall–Kier alpha value is -2.63. The molecule has 0 bridgehead atoms. The molecule has 1 amide bonds. The molecule has 6 nitrogen and oxygen atoms in total. The molecule has 1 heterocycles. The maximum absolute atomic E-state index is 12.3. The summed E-state index contributed by atoms with van der Waals surface area (Å²) in [7, 11) is 0. The number of carbonyl (C=O) groups is 2. The number of pyridine rings is 1. The van der Waals surface area contributed by atoms with Crippen LogP contribution in [0.1, 0.15) is 37.0 Å². The number of H-pyrrole nitrogens is 1. The minimum Gasteiger partial charge on any atom is -0.481 e. The topological polar surface area (TPSA) is 99.3 Å². The van der Waals surface area contributed by atoms with Crippen molar-refractivity contribution in [2.24, 2.45) is 5.41 Å². The van der Waals surface area contributed by atoms with E-state index in [1.165, 1.54) is 6.07 Å². The van der Waals surface area contributed by atoms with Gasteiger partial charge in [-0.2, -0.15) is 0 Å². The van der Waals surface area contributed by atoms with Crippen LogP contribution in [0.25, 0.3) is 10.9 Å². The highest BCUT2D eigenvalue weighted by atomic mass is 16.4. The Balaban J connectivity index is 2.26. The first-order valence-corrected chi connectivity index (χ1v) is 7.57. The maximum Gasteiger partial charge on any atom is 0.311 e. The van der Waals surface area contributed by atoms with Gasteiger partial charge in [-0.15, -0.1) is 0 Å². The first-order valence-electron chi connectivity index (χ1n) is 7.57. The highest BCUT2D eigenvalue weighted by molar-refractivity contribution is 5.97. The van der Waals surface area contributed by atoms with Crippen molar-refractivity contribution in [2.75, 3.05) is 6.54 Å². The summed E-state index contributed by atoms with van der Waals surface area (Å²) in [4.78, 5) is 38.4. The van der Waals surface area contributed by atoms with Crippen LogP contribution in [0.15, 0.2) is 35.1 Å². The normalized spacial score (nSPS) is 11.4. The number of carboxylic acid groups (broad SMARTS) is 1. The molecule has 1 aromatic carbocycles. The molecule has 1 aromatic heterocycles. The highest BCUT2D eigenvalue weighted by Gasteiger charge is 2.35. The number of amides is 1. The molecule has 0 aliphatic heterocycles. The smallest absolute Gasteiger partial charge is 0.311 e. The van der Waals surface area contributed by atoms with E-state index in [-0.39, 0.29) is 12.1 Å². The van der Waals surface area contributed by atoms with Crippen LogP contribution in [0.5, 0.6) is 0 Å². The van der Waals surface area contributed by atoms with Gasteiger partial charge in [0.2, 0.25) is 0 Å². The molecule has 0 atom stereocenters. The number of para-hydroxylation sites is 1. The molecule has 2 aromatic rings. The lowest BCUT2D eigenvalue weighted by Crippen LogP contribution is -2.43. The third kappa shape index (κ3) is 3.26. The molecule has 0 aliphatic carbocycles. The summed E-state index contributed by atoms with van der Waals surface area (Å²) >= 11 is 0. The van der Waals surface area contributed by atoms with Crippen LogP contribution in [-0.4, -0.2) is 28.5 Å². The first-order chi connectivity index (χ1) is 10.9. The van der Waals surface area contributed by atoms with E-state index in [9.17, 15) is 19.5 Å². The zero-order valence-corrected chi connectivity index (χ0v) is 13.2. The molecule has 0 unspecified atom stereocenters. The monoisotopic (exact) mass is 316 g/mol. The first kappa shape index (κ1) is 16.7. The lowest BCUT2D eigenvalue weighted by Gasteiger charge is -2.26. The number of benzene rings is 1. The van der Waals surface area contributed by atoms with Gasteiger partial charge in [-0.05, 0) is 30.4 Å². The molecule has 0 spiro atoms. The molecule has 6 heteroatoms. The molecule has 0 saturated heterocycles. The van der Waals surface area contributed by atoms with Crippen LogP contribution in [0.4, 0.5) is 0 Å². The van der Waals surface area contributed by atoms with Crippen molar-refractivity contribution in [1.29, 1.82) is 0 Å². The minimum absolute atomic E-state index is 0.0135. The second kappa shape index (κ2) is 6.64. The van der Waals surface area contributed by atoms with Crippen LogP contribution in [-0.2, 0) is 4.79 Å². The van der Waals surface area contributed by atoms with Crippen molar-refractivity contribution in [3.05, 3.63) is 46.2 Å². The van der Waals surface area contributed by atoms with Crippen LogP contribution < -0.4 is 10.9 Å². The fourth-order valence-corrected chi connectivity index (χ4v) is 2.54. The zero-order valence-electron chi connectivity index (χ0n) is 13.2. The predicted molar refractivity (Wildman–Crippen MR) is 87.6 cm³/mol. The summed E-state index contributed by atoms with van der Waals surface area (Å²) in [6.07, 6.45) is 0.792. The summed E-state index contributed by atoms with van der Waals surface area (Å²) < 4.78 is 0. The Bertz CT molecular complexity index is 791. The van der Waals surface area contributed by atoms with Gasteiger partial charge in [-0.1, -0.05) is 32.0 Å². The van der Waals surface area contributed by atoms with Crippen molar-refractivity contribution in [2.45, 2.75) is 26.7 Å². The van der Waals surface area contributed by atoms with Gasteiger partial charge in [0.15, 0.2) is 0 Å². The molecule has 122 valence electrons. The van der Waals surface area contributed by atoms with Crippen molar-refractivity contribution in [3.63, 3.8) is 0 Å². The van der Waals surface area contributed by atoms with Crippen LogP contribution in [0.3, 0.4) is 0 Å². The SMILES string of the molecule is CCC(CC)(CNC(=O)c1cc2ccccc2[nH]c1=O)C(=O)O. The van der Waals surface area contributed by atoms with Gasteiger partial charge >= 0.3 is 5.97 Å².